The number of halogens is 1. The van der Waals surface area contributed by atoms with Gasteiger partial charge in [0.05, 0.1) is 5.92 Å². The van der Waals surface area contributed by atoms with Crippen LogP contribution in [0.3, 0.4) is 0 Å². The number of nitrogens with two attached hydrogens (primary N) is 1. The SMILES string of the molecule is NC(=O)C1CNNC1C1CCCN1Cc1ccc(Cl)cc1. The Morgan fingerprint density at radius 3 is 2.86 bits per heavy atom. The lowest BCUT2D eigenvalue weighted by atomic mass is 9.93. The van der Waals surface area contributed by atoms with Crippen molar-refractivity contribution in [3.05, 3.63) is 34.9 Å². The molecule has 0 aliphatic carbocycles. The number of hydrazine groups is 1. The number of amides is 1. The van der Waals surface area contributed by atoms with E-state index in [0.717, 1.165) is 31.0 Å². The maximum absolute atomic E-state index is 11.6. The average Bonchev–Trinajstić information content (AvgIpc) is 3.09. The Kier molecular flexibility index (Phi) is 4.45. The fourth-order valence-electron chi connectivity index (χ4n) is 3.44. The van der Waals surface area contributed by atoms with Crippen molar-refractivity contribution in [1.29, 1.82) is 0 Å². The van der Waals surface area contributed by atoms with Gasteiger partial charge in [-0.1, -0.05) is 23.7 Å². The van der Waals surface area contributed by atoms with E-state index in [2.05, 4.69) is 27.9 Å². The highest BCUT2D eigenvalue weighted by atomic mass is 35.5. The van der Waals surface area contributed by atoms with Gasteiger partial charge in [-0.05, 0) is 37.1 Å². The first-order valence-electron chi connectivity index (χ1n) is 7.41. The highest BCUT2D eigenvalue weighted by molar-refractivity contribution is 6.30. The molecule has 4 N–H and O–H groups in total. The van der Waals surface area contributed by atoms with Crippen molar-refractivity contribution in [2.75, 3.05) is 13.1 Å². The predicted molar refractivity (Wildman–Crippen MR) is 82.5 cm³/mol. The van der Waals surface area contributed by atoms with E-state index in [9.17, 15) is 4.79 Å². The topological polar surface area (TPSA) is 70.4 Å². The van der Waals surface area contributed by atoms with Gasteiger partial charge in [-0.15, -0.1) is 0 Å². The molecule has 3 rings (SSSR count). The number of benzene rings is 1. The second-order valence-corrected chi connectivity index (χ2v) is 6.30. The van der Waals surface area contributed by atoms with Crippen molar-refractivity contribution in [1.82, 2.24) is 15.8 Å². The molecule has 1 aromatic rings. The average molecular weight is 309 g/mol. The van der Waals surface area contributed by atoms with Gasteiger partial charge < -0.3 is 5.73 Å². The molecular formula is C15H21ClN4O. The van der Waals surface area contributed by atoms with E-state index < -0.39 is 0 Å². The monoisotopic (exact) mass is 308 g/mol. The summed E-state index contributed by atoms with van der Waals surface area (Å²) < 4.78 is 0. The molecule has 0 bridgehead atoms. The van der Waals surface area contributed by atoms with Crippen LogP contribution >= 0.6 is 11.6 Å². The number of likely N-dealkylation sites (tertiary alicyclic amines) is 1. The van der Waals surface area contributed by atoms with Crippen LogP contribution in [0.4, 0.5) is 0 Å². The molecule has 21 heavy (non-hydrogen) atoms. The first-order chi connectivity index (χ1) is 10.1. The van der Waals surface area contributed by atoms with Gasteiger partial charge in [0, 0.05) is 30.2 Å². The summed E-state index contributed by atoms with van der Waals surface area (Å²) >= 11 is 5.93. The summed E-state index contributed by atoms with van der Waals surface area (Å²) in [6, 6.07) is 8.39. The molecule has 2 heterocycles. The molecule has 2 saturated heterocycles. The second-order valence-electron chi connectivity index (χ2n) is 5.87. The van der Waals surface area contributed by atoms with Crippen molar-refractivity contribution in [3.63, 3.8) is 0 Å². The summed E-state index contributed by atoms with van der Waals surface area (Å²) in [7, 11) is 0. The third kappa shape index (κ3) is 3.21. The Labute approximate surface area is 129 Å². The lowest BCUT2D eigenvalue weighted by Gasteiger charge is -2.31. The fourth-order valence-corrected chi connectivity index (χ4v) is 3.56. The zero-order valence-electron chi connectivity index (χ0n) is 11.9. The number of nitrogens with zero attached hydrogens (tertiary/aromatic N) is 1. The number of hydrogen-bond acceptors (Lipinski definition) is 4. The third-order valence-corrected chi connectivity index (χ3v) is 4.77. The highest BCUT2D eigenvalue weighted by Crippen LogP contribution is 2.27. The van der Waals surface area contributed by atoms with Crippen LogP contribution in [0.15, 0.2) is 24.3 Å². The molecule has 3 unspecified atom stereocenters. The van der Waals surface area contributed by atoms with Gasteiger partial charge in [0.1, 0.15) is 0 Å². The van der Waals surface area contributed by atoms with Gasteiger partial charge >= 0.3 is 0 Å². The van der Waals surface area contributed by atoms with E-state index in [-0.39, 0.29) is 17.9 Å². The van der Waals surface area contributed by atoms with Crippen molar-refractivity contribution in [2.24, 2.45) is 11.7 Å². The summed E-state index contributed by atoms with van der Waals surface area (Å²) in [5.41, 5.74) is 13.1. The van der Waals surface area contributed by atoms with Crippen LogP contribution in [0.25, 0.3) is 0 Å². The van der Waals surface area contributed by atoms with Crippen LogP contribution in [0.1, 0.15) is 18.4 Å². The second kappa shape index (κ2) is 6.32. The molecule has 0 saturated carbocycles. The lowest BCUT2D eigenvalue weighted by molar-refractivity contribution is -0.122. The molecule has 1 amide bonds. The third-order valence-electron chi connectivity index (χ3n) is 4.52. The first-order valence-corrected chi connectivity index (χ1v) is 7.79. The van der Waals surface area contributed by atoms with Crippen molar-refractivity contribution in [2.45, 2.75) is 31.5 Å². The van der Waals surface area contributed by atoms with Gasteiger partial charge in [-0.25, -0.2) is 0 Å². The van der Waals surface area contributed by atoms with Gasteiger partial charge in [0.15, 0.2) is 0 Å². The molecule has 2 aliphatic rings. The minimum atomic E-state index is -0.226. The van der Waals surface area contributed by atoms with Crippen LogP contribution < -0.4 is 16.6 Å². The number of primary amides is 1. The Hall–Kier alpha value is -1.14. The van der Waals surface area contributed by atoms with Crippen molar-refractivity contribution in [3.8, 4) is 0 Å². The Morgan fingerprint density at radius 2 is 2.14 bits per heavy atom. The highest BCUT2D eigenvalue weighted by Gasteiger charge is 2.41. The largest absolute Gasteiger partial charge is 0.369 e. The molecule has 1 aromatic carbocycles. The summed E-state index contributed by atoms with van der Waals surface area (Å²) in [6.45, 7) is 2.55. The summed E-state index contributed by atoms with van der Waals surface area (Å²) in [5, 5.41) is 0.757. The Balaban J connectivity index is 1.70. The van der Waals surface area contributed by atoms with Crippen LogP contribution in [0.2, 0.25) is 5.02 Å². The van der Waals surface area contributed by atoms with Gasteiger partial charge in [-0.3, -0.25) is 20.5 Å². The smallest absolute Gasteiger partial charge is 0.223 e. The van der Waals surface area contributed by atoms with Gasteiger partial charge in [-0.2, -0.15) is 0 Å². The Morgan fingerprint density at radius 1 is 1.38 bits per heavy atom. The van der Waals surface area contributed by atoms with E-state index in [4.69, 9.17) is 17.3 Å². The molecule has 2 fully saturated rings. The van der Waals surface area contributed by atoms with E-state index in [1.165, 1.54) is 5.56 Å². The minimum absolute atomic E-state index is 0.0947. The van der Waals surface area contributed by atoms with E-state index in [1.807, 2.05) is 12.1 Å². The normalized spacial score (nSPS) is 29.9. The van der Waals surface area contributed by atoms with Crippen LogP contribution in [-0.2, 0) is 11.3 Å². The lowest BCUT2D eigenvalue weighted by Crippen LogP contribution is -2.50. The number of rotatable bonds is 4. The molecule has 114 valence electrons. The molecule has 5 nitrogen and oxygen atoms in total. The number of nitrogens with one attached hydrogen (secondary N) is 2. The molecule has 0 radical (unpaired) electrons. The quantitative estimate of drug-likeness (QED) is 0.772. The molecule has 2 aliphatic heterocycles. The minimum Gasteiger partial charge on any atom is -0.369 e. The fraction of sp³-hybridized carbons (Fsp3) is 0.533. The molecule has 0 spiro atoms. The zero-order chi connectivity index (χ0) is 14.8. The first kappa shape index (κ1) is 14.8. The molecule has 3 atom stereocenters. The van der Waals surface area contributed by atoms with Crippen LogP contribution in [0.5, 0.6) is 0 Å². The number of carbonyl (C=O) groups excluding carboxylic acids is 1. The number of hydrogen-bond donors (Lipinski definition) is 3. The molecule has 6 heteroatoms. The van der Waals surface area contributed by atoms with Gasteiger partial charge in [0.25, 0.3) is 0 Å². The summed E-state index contributed by atoms with van der Waals surface area (Å²) in [5.74, 6) is -0.364. The maximum Gasteiger partial charge on any atom is 0.223 e. The van der Waals surface area contributed by atoms with Crippen molar-refractivity contribution < 1.29 is 4.79 Å². The van der Waals surface area contributed by atoms with Crippen LogP contribution in [-0.4, -0.2) is 36.0 Å². The Bertz CT molecular complexity index is 507. The number of carbonyl (C=O) groups is 1. The summed E-state index contributed by atoms with van der Waals surface area (Å²) in [4.78, 5) is 14.0. The summed E-state index contributed by atoms with van der Waals surface area (Å²) in [6.07, 6.45) is 2.25. The molecular weight excluding hydrogens is 288 g/mol. The van der Waals surface area contributed by atoms with Crippen LogP contribution in [0, 0.1) is 5.92 Å². The van der Waals surface area contributed by atoms with E-state index in [1.54, 1.807) is 0 Å². The predicted octanol–water partition coefficient (Wildman–Crippen LogP) is 0.882. The maximum atomic E-state index is 11.6. The van der Waals surface area contributed by atoms with Crippen molar-refractivity contribution >= 4 is 17.5 Å². The van der Waals surface area contributed by atoms with Gasteiger partial charge in [0.2, 0.25) is 5.91 Å². The standard InChI is InChI=1S/C15H21ClN4O/c16-11-5-3-10(4-6-11)9-20-7-1-2-13(20)14-12(15(17)21)8-18-19-14/h3-6,12-14,18-19H,1-2,7-9H2,(H2,17,21). The van der Waals surface area contributed by atoms with E-state index >= 15 is 0 Å². The zero-order valence-corrected chi connectivity index (χ0v) is 12.6. The van der Waals surface area contributed by atoms with E-state index in [0.29, 0.717) is 12.6 Å². The molecule has 0 aromatic heterocycles.